The van der Waals surface area contributed by atoms with Gasteiger partial charge in [-0.1, -0.05) is 0 Å². The third-order valence-corrected chi connectivity index (χ3v) is 1.97. The van der Waals surface area contributed by atoms with E-state index in [1.54, 1.807) is 4.90 Å². The standard InChI is InChI=1S/C8H14ClNO/c1-6(9)5-10(2)8(11)7-3-4-7/h6-7H,3-5H2,1-2H3. The third-order valence-electron chi connectivity index (χ3n) is 1.83. The van der Waals surface area contributed by atoms with Crippen molar-refractivity contribution in [2.45, 2.75) is 25.1 Å². The van der Waals surface area contributed by atoms with Crippen molar-refractivity contribution >= 4 is 17.5 Å². The minimum Gasteiger partial charge on any atom is -0.344 e. The fourth-order valence-electron chi connectivity index (χ4n) is 1.11. The molecule has 0 aliphatic heterocycles. The smallest absolute Gasteiger partial charge is 0.225 e. The van der Waals surface area contributed by atoms with Gasteiger partial charge in [0.2, 0.25) is 5.91 Å². The first kappa shape index (κ1) is 8.85. The molecule has 1 fully saturated rings. The maximum atomic E-state index is 11.3. The van der Waals surface area contributed by atoms with Gasteiger partial charge >= 0.3 is 0 Å². The summed E-state index contributed by atoms with van der Waals surface area (Å²) in [5.74, 6) is 0.577. The number of nitrogens with zero attached hydrogens (tertiary/aromatic N) is 1. The van der Waals surface area contributed by atoms with Crippen LogP contribution in [0.2, 0.25) is 0 Å². The van der Waals surface area contributed by atoms with E-state index in [0.717, 1.165) is 12.8 Å². The van der Waals surface area contributed by atoms with Crippen LogP contribution in [0.5, 0.6) is 0 Å². The normalized spacial score (nSPS) is 19.5. The fraction of sp³-hybridized carbons (Fsp3) is 0.875. The summed E-state index contributed by atoms with van der Waals surface area (Å²) in [4.78, 5) is 13.0. The van der Waals surface area contributed by atoms with Crippen molar-refractivity contribution in [3.05, 3.63) is 0 Å². The lowest BCUT2D eigenvalue weighted by Crippen LogP contribution is -2.32. The van der Waals surface area contributed by atoms with Crippen LogP contribution in [0.25, 0.3) is 0 Å². The lowest BCUT2D eigenvalue weighted by molar-refractivity contribution is -0.131. The monoisotopic (exact) mass is 175 g/mol. The van der Waals surface area contributed by atoms with Crippen LogP contribution >= 0.6 is 11.6 Å². The fourth-order valence-corrected chi connectivity index (χ4v) is 1.32. The second-order valence-electron chi connectivity index (χ2n) is 3.27. The first-order chi connectivity index (χ1) is 5.11. The molecular weight excluding hydrogens is 162 g/mol. The molecule has 64 valence electrons. The molecule has 1 unspecified atom stereocenters. The number of hydrogen-bond donors (Lipinski definition) is 0. The van der Waals surface area contributed by atoms with E-state index < -0.39 is 0 Å². The molecule has 1 aliphatic rings. The Kier molecular flexibility index (Phi) is 2.77. The van der Waals surface area contributed by atoms with Gasteiger partial charge in [-0.05, 0) is 19.8 Å². The Hall–Kier alpha value is -0.240. The summed E-state index contributed by atoms with van der Waals surface area (Å²) in [5, 5.41) is 0.0581. The van der Waals surface area contributed by atoms with Crippen molar-refractivity contribution in [2.24, 2.45) is 5.92 Å². The minimum atomic E-state index is 0.0581. The Balaban J connectivity index is 2.27. The Morgan fingerprint density at radius 2 is 2.27 bits per heavy atom. The van der Waals surface area contributed by atoms with Crippen molar-refractivity contribution in [3.63, 3.8) is 0 Å². The van der Waals surface area contributed by atoms with E-state index in [9.17, 15) is 4.79 Å². The Morgan fingerprint density at radius 3 is 2.64 bits per heavy atom. The second kappa shape index (κ2) is 3.44. The quantitative estimate of drug-likeness (QED) is 0.596. The zero-order chi connectivity index (χ0) is 8.43. The summed E-state index contributed by atoms with van der Waals surface area (Å²) in [6.07, 6.45) is 2.14. The van der Waals surface area contributed by atoms with Crippen molar-refractivity contribution < 1.29 is 4.79 Å². The molecule has 0 N–H and O–H groups in total. The van der Waals surface area contributed by atoms with E-state index in [1.807, 2.05) is 14.0 Å². The molecule has 11 heavy (non-hydrogen) atoms. The molecule has 0 aromatic rings. The predicted molar refractivity (Wildman–Crippen MR) is 45.7 cm³/mol. The van der Waals surface area contributed by atoms with Crippen LogP contribution in [-0.2, 0) is 4.79 Å². The molecule has 1 rings (SSSR count). The number of carbonyl (C=O) groups is 1. The van der Waals surface area contributed by atoms with Gasteiger partial charge < -0.3 is 4.90 Å². The highest BCUT2D eigenvalue weighted by Crippen LogP contribution is 2.30. The van der Waals surface area contributed by atoms with Gasteiger partial charge in [0.15, 0.2) is 0 Å². The minimum absolute atomic E-state index is 0.0581. The molecule has 1 atom stereocenters. The van der Waals surface area contributed by atoms with Crippen molar-refractivity contribution in [1.29, 1.82) is 0 Å². The summed E-state index contributed by atoms with van der Waals surface area (Å²) in [6.45, 7) is 2.56. The first-order valence-corrected chi connectivity index (χ1v) is 4.44. The third kappa shape index (κ3) is 2.70. The molecule has 0 aromatic carbocycles. The highest BCUT2D eigenvalue weighted by Gasteiger charge is 2.31. The van der Waals surface area contributed by atoms with Crippen LogP contribution in [0.3, 0.4) is 0 Å². The number of alkyl halides is 1. The number of carbonyl (C=O) groups excluding carboxylic acids is 1. The van der Waals surface area contributed by atoms with E-state index in [2.05, 4.69) is 0 Å². The largest absolute Gasteiger partial charge is 0.344 e. The predicted octanol–water partition coefficient (Wildman–Crippen LogP) is 1.48. The molecule has 0 radical (unpaired) electrons. The zero-order valence-corrected chi connectivity index (χ0v) is 7.77. The van der Waals surface area contributed by atoms with Gasteiger partial charge in [0.25, 0.3) is 0 Å². The zero-order valence-electron chi connectivity index (χ0n) is 7.01. The summed E-state index contributed by atoms with van der Waals surface area (Å²) in [7, 11) is 1.82. The number of amides is 1. The summed E-state index contributed by atoms with van der Waals surface area (Å²) in [6, 6.07) is 0. The Labute approximate surface area is 72.5 Å². The molecule has 0 aromatic heterocycles. The molecule has 3 heteroatoms. The van der Waals surface area contributed by atoms with Gasteiger partial charge in [0.05, 0.1) is 0 Å². The number of hydrogen-bond acceptors (Lipinski definition) is 1. The van der Waals surface area contributed by atoms with E-state index in [1.165, 1.54) is 0 Å². The lowest BCUT2D eigenvalue weighted by atomic mass is 10.3. The van der Waals surface area contributed by atoms with E-state index >= 15 is 0 Å². The summed E-state index contributed by atoms with van der Waals surface area (Å²) >= 11 is 5.75. The van der Waals surface area contributed by atoms with Crippen molar-refractivity contribution in [1.82, 2.24) is 4.90 Å². The summed E-state index contributed by atoms with van der Waals surface area (Å²) < 4.78 is 0. The van der Waals surface area contributed by atoms with Gasteiger partial charge in [-0.15, -0.1) is 11.6 Å². The lowest BCUT2D eigenvalue weighted by Gasteiger charge is -2.17. The molecule has 0 spiro atoms. The number of rotatable bonds is 3. The highest BCUT2D eigenvalue weighted by molar-refractivity contribution is 6.20. The maximum absolute atomic E-state index is 11.3. The van der Waals surface area contributed by atoms with Gasteiger partial charge in [-0.25, -0.2) is 0 Å². The molecule has 2 nitrogen and oxygen atoms in total. The van der Waals surface area contributed by atoms with Gasteiger partial charge in [-0.2, -0.15) is 0 Å². The first-order valence-electron chi connectivity index (χ1n) is 4.00. The Morgan fingerprint density at radius 1 is 1.73 bits per heavy atom. The van der Waals surface area contributed by atoms with Crippen LogP contribution in [0, 0.1) is 5.92 Å². The molecule has 1 saturated carbocycles. The van der Waals surface area contributed by atoms with Crippen LogP contribution in [0.15, 0.2) is 0 Å². The highest BCUT2D eigenvalue weighted by atomic mass is 35.5. The second-order valence-corrected chi connectivity index (χ2v) is 4.02. The van der Waals surface area contributed by atoms with Gasteiger partial charge in [0.1, 0.15) is 0 Å². The molecular formula is C8H14ClNO. The van der Waals surface area contributed by atoms with Gasteiger partial charge in [0, 0.05) is 24.9 Å². The average Bonchev–Trinajstić information content (AvgIpc) is 2.65. The average molecular weight is 176 g/mol. The van der Waals surface area contributed by atoms with Crippen molar-refractivity contribution in [3.8, 4) is 0 Å². The molecule has 0 saturated heterocycles. The summed E-state index contributed by atoms with van der Waals surface area (Å²) in [5.41, 5.74) is 0. The van der Waals surface area contributed by atoms with Crippen LogP contribution < -0.4 is 0 Å². The van der Waals surface area contributed by atoms with Crippen molar-refractivity contribution in [2.75, 3.05) is 13.6 Å². The molecule has 0 heterocycles. The topological polar surface area (TPSA) is 20.3 Å². The van der Waals surface area contributed by atoms with Crippen LogP contribution in [0.1, 0.15) is 19.8 Å². The maximum Gasteiger partial charge on any atom is 0.225 e. The number of halogens is 1. The Bertz CT molecular complexity index is 154. The molecule has 1 amide bonds. The van der Waals surface area contributed by atoms with E-state index in [-0.39, 0.29) is 11.3 Å². The molecule has 0 bridgehead atoms. The van der Waals surface area contributed by atoms with E-state index in [4.69, 9.17) is 11.6 Å². The van der Waals surface area contributed by atoms with Gasteiger partial charge in [-0.3, -0.25) is 4.79 Å². The van der Waals surface area contributed by atoms with Crippen LogP contribution in [0.4, 0.5) is 0 Å². The van der Waals surface area contributed by atoms with Crippen LogP contribution in [-0.4, -0.2) is 29.8 Å². The molecule has 1 aliphatic carbocycles. The SMILES string of the molecule is CC(Cl)CN(C)C(=O)C1CC1. The van der Waals surface area contributed by atoms with E-state index in [0.29, 0.717) is 12.5 Å².